The third-order valence-corrected chi connectivity index (χ3v) is 2.31. The molecule has 0 unspecified atom stereocenters. The summed E-state index contributed by atoms with van der Waals surface area (Å²) in [6, 6.07) is 0. The summed E-state index contributed by atoms with van der Waals surface area (Å²) < 4.78 is 5.31. The van der Waals surface area contributed by atoms with Gasteiger partial charge in [-0.25, -0.2) is 4.79 Å². The van der Waals surface area contributed by atoms with Gasteiger partial charge in [-0.1, -0.05) is 6.08 Å². The molecule has 1 saturated carbocycles. The Morgan fingerprint density at radius 3 is 2.50 bits per heavy atom. The van der Waals surface area contributed by atoms with Crippen LogP contribution in [0.15, 0.2) is 12.2 Å². The molecule has 0 aromatic heterocycles. The molecule has 1 aliphatic carbocycles. The lowest BCUT2D eigenvalue weighted by Gasteiger charge is -2.22. The summed E-state index contributed by atoms with van der Waals surface area (Å²) >= 11 is 0. The van der Waals surface area contributed by atoms with E-state index in [0.717, 1.165) is 12.8 Å². The van der Waals surface area contributed by atoms with Gasteiger partial charge in [0.2, 0.25) is 0 Å². The predicted octanol–water partition coefficient (Wildman–Crippen LogP) is 2.44. The molecule has 0 spiro atoms. The lowest BCUT2D eigenvalue weighted by Crippen LogP contribution is -2.27. The van der Waals surface area contributed by atoms with E-state index in [2.05, 4.69) is 0 Å². The van der Waals surface area contributed by atoms with Crippen LogP contribution in [0.25, 0.3) is 0 Å². The van der Waals surface area contributed by atoms with Crippen LogP contribution in [0.3, 0.4) is 0 Å². The van der Waals surface area contributed by atoms with Gasteiger partial charge in [0.25, 0.3) is 0 Å². The van der Waals surface area contributed by atoms with Gasteiger partial charge in [-0.2, -0.15) is 0 Å². The first-order valence-corrected chi connectivity index (χ1v) is 4.52. The third-order valence-electron chi connectivity index (χ3n) is 2.31. The normalized spacial score (nSPS) is 21.5. The fourth-order valence-electron chi connectivity index (χ4n) is 1.64. The van der Waals surface area contributed by atoms with Crippen LogP contribution >= 0.6 is 0 Å². The number of carbonyl (C=O) groups excluding carboxylic acids is 1. The largest absolute Gasteiger partial charge is 0.456 e. The van der Waals surface area contributed by atoms with Gasteiger partial charge in [-0.15, -0.1) is 0 Å². The molecule has 0 radical (unpaired) electrons. The Kier molecular flexibility index (Phi) is 2.90. The predicted molar refractivity (Wildman–Crippen MR) is 47.8 cm³/mol. The zero-order valence-corrected chi connectivity index (χ0v) is 7.80. The number of esters is 1. The summed E-state index contributed by atoms with van der Waals surface area (Å²) in [6.07, 6.45) is 7.57. The third kappa shape index (κ3) is 2.36. The standard InChI is InChI=1S/C10H16O2/c1-3-6-9(11)12-10(2)7-4-5-8-10/h3,6H,4-5,7-8H2,1-2H3/b6-3+. The average molecular weight is 168 g/mol. The molecule has 0 atom stereocenters. The molecule has 0 aromatic rings. The van der Waals surface area contributed by atoms with Crippen LogP contribution in [-0.2, 0) is 9.53 Å². The Balaban J connectivity index is 2.43. The molecule has 68 valence electrons. The molecule has 1 rings (SSSR count). The number of hydrogen-bond donors (Lipinski definition) is 0. The Bertz CT molecular complexity index is 188. The first kappa shape index (κ1) is 9.30. The van der Waals surface area contributed by atoms with E-state index in [4.69, 9.17) is 4.74 Å². The van der Waals surface area contributed by atoms with Gasteiger partial charge in [-0.3, -0.25) is 0 Å². The molecule has 0 bridgehead atoms. The maximum absolute atomic E-state index is 11.1. The van der Waals surface area contributed by atoms with Crippen LogP contribution in [0.1, 0.15) is 39.5 Å². The molecule has 0 saturated heterocycles. The highest BCUT2D eigenvalue weighted by molar-refractivity contribution is 5.82. The van der Waals surface area contributed by atoms with Crippen molar-refractivity contribution in [3.05, 3.63) is 12.2 Å². The van der Waals surface area contributed by atoms with Crippen molar-refractivity contribution in [1.82, 2.24) is 0 Å². The molecule has 0 N–H and O–H groups in total. The quantitative estimate of drug-likeness (QED) is 0.467. The lowest BCUT2D eigenvalue weighted by molar-refractivity contribution is -0.151. The van der Waals surface area contributed by atoms with E-state index in [0.29, 0.717) is 0 Å². The summed E-state index contributed by atoms with van der Waals surface area (Å²) in [6.45, 7) is 3.83. The van der Waals surface area contributed by atoms with E-state index in [1.807, 2.05) is 13.8 Å². The minimum absolute atomic E-state index is 0.184. The molecule has 0 heterocycles. The lowest BCUT2D eigenvalue weighted by atomic mass is 10.1. The molecular formula is C10H16O2. The van der Waals surface area contributed by atoms with Crippen molar-refractivity contribution in [3.63, 3.8) is 0 Å². The van der Waals surface area contributed by atoms with Crippen LogP contribution in [-0.4, -0.2) is 11.6 Å². The van der Waals surface area contributed by atoms with Gasteiger partial charge in [0.1, 0.15) is 5.60 Å². The van der Waals surface area contributed by atoms with Gasteiger partial charge in [-0.05, 0) is 39.5 Å². The fraction of sp³-hybridized carbons (Fsp3) is 0.700. The summed E-state index contributed by atoms with van der Waals surface area (Å²) in [5.41, 5.74) is -0.184. The van der Waals surface area contributed by atoms with E-state index in [9.17, 15) is 4.79 Å². The van der Waals surface area contributed by atoms with E-state index in [1.165, 1.54) is 18.9 Å². The minimum Gasteiger partial charge on any atom is -0.456 e. The Morgan fingerprint density at radius 1 is 1.42 bits per heavy atom. The molecule has 1 aliphatic rings. The van der Waals surface area contributed by atoms with Gasteiger partial charge in [0.15, 0.2) is 0 Å². The first-order valence-electron chi connectivity index (χ1n) is 4.52. The molecule has 2 nitrogen and oxygen atoms in total. The van der Waals surface area contributed by atoms with Gasteiger partial charge >= 0.3 is 5.97 Å². The van der Waals surface area contributed by atoms with Gasteiger partial charge in [0.05, 0.1) is 0 Å². The highest BCUT2D eigenvalue weighted by Crippen LogP contribution is 2.32. The second kappa shape index (κ2) is 3.74. The molecule has 0 amide bonds. The monoisotopic (exact) mass is 168 g/mol. The Hall–Kier alpha value is -0.790. The zero-order chi connectivity index (χ0) is 9.03. The van der Waals surface area contributed by atoms with Crippen LogP contribution in [0.4, 0.5) is 0 Å². The van der Waals surface area contributed by atoms with Crippen molar-refractivity contribution in [1.29, 1.82) is 0 Å². The first-order chi connectivity index (χ1) is 5.66. The second-order valence-electron chi connectivity index (χ2n) is 3.58. The highest BCUT2D eigenvalue weighted by atomic mass is 16.6. The van der Waals surface area contributed by atoms with Crippen molar-refractivity contribution in [2.45, 2.75) is 45.1 Å². The van der Waals surface area contributed by atoms with Crippen LogP contribution in [0.2, 0.25) is 0 Å². The van der Waals surface area contributed by atoms with Gasteiger partial charge in [0, 0.05) is 6.08 Å². The van der Waals surface area contributed by atoms with Crippen molar-refractivity contribution in [2.24, 2.45) is 0 Å². The van der Waals surface area contributed by atoms with Crippen LogP contribution in [0.5, 0.6) is 0 Å². The molecule has 2 heteroatoms. The second-order valence-corrected chi connectivity index (χ2v) is 3.58. The number of carbonyl (C=O) groups is 1. The summed E-state index contributed by atoms with van der Waals surface area (Å²) in [4.78, 5) is 11.1. The molecule has 0 aromatic carbocycles. The van der Waals surface area contributed by atoms with Gasteiger partial charge < -0.3 is 4.74 Å². The van der Waals surface area contributed by atoms with Crippen molar-refractivity contribution in [3.8, 4) is 0 Å². The summed E-state index contributed by atoms with van der Waals surface area (Å²) in [5.74, 6) is -0.207. The van der Waals surface area contributed by atoms with E-state index < -0.39 is 0 Å². The SMILES string of the molecule is C/C=C/C(=O)OC1(C)CCCC1. The minimum atomic E-state index is -0.207. The fourth-order valence-corrected chi connectivity index (χ4v) is 1.64. The van der Waals surface area contributed by atoms with E-state index in [-0.39, 0.29) is 11.6 Å². The summed E-state index contributed by atoms with van der Waals surface area (Å²) in [5, 5.41) is 0. The van der Waals surface area contributed by atoms with Crippen LogP contribution < -0.4 is 0 Å². The smallest absolute Gasteiger partial charge is 0.330 e. The number of rotatable bonds is 2. The Morgan fingerprint density at radius 2 is 2.00 bits per heavy atom. The molecule has 12 heavy (non-hydrogen) atoms. The maximum Gasteiger partial charge on any atom is 0.330 e. The Labute approximate surface area is 73.6 Å². The maximum atomic E-state index is 11.1. The average Bonchev–Trinajstić information content (AvgIpc) is 2.36. The zero-order valence-electron chi connectivity index (χ0n) is 7.80. The van der Waals surface area contributed by atoms with Crippen molar-refractivity contribution in [2.75, 3.05) is 0 Å². The molecular weight excluding hydrogens is 152 g/mol. The van der Waals surface area contributed by atoms with Crippen molar-refractivity contribution >= 4 is 5.97 Å². The number of allylic oxidation sites excluding steroid dienone is 1. The molecule has 0 aliphatic heterocycles. The number of hydrogen-bond acceptors (Lipinski definition) is 2. The van der Waals surface area contributed by atoms with E-state index in [1.54, 1.807) is 6.08 Å². The van der Waals surface area contributed by atoms with Crippen LogP contribution in [0, 0.1) is 0 Å². The van der Waals surface area contributed by atoms with E-state index >= 15 is 0 Å². The molecule has 1 fully saturated rings. The topological polar surface area (TPSA) is 26.3 Å². The summed E-state index contributed by atoms with van der Waals surface area (Å²) in [7, 11) is 0. The van der Waals surface area contributed by atoms with Crippen molar-refractivity contribution < 1.29 is 9.53 Å². The highest BCUT2D eigenvalue weighted by Gasteiger charge is 2.31. The number of ether oxygens (including phenoxy) is 1.